The van der Waals surface area contributed by atoms with Crippen molar-refractivity contribution in [2.75, 3.05) is 13.1 Å². The minimum absolute atomic E-state index is 0.186. The summed E-state index contributed by atoms with van der Waals surface area (Å²) in [5, 5.41) is 3.27. The molecular weight excluding hydrogens is 359 g/mol. The van der Waals surface area contributed by atoms with Crippen LogP contribution in [-0.2, 0) is 0 Å². The summed E-state index contributed by atoms with van der Waals surface area (Å²) in [6.07, 6.45) is 8.19. The zero-order valence-corrected chi connectivity index (χ0v) is 15.2. The van der Waals surface area contributed by atoms with Crippen LogP contribution in [-0.4, -0.2) is 36.8 Å². The molecule has 0 fully saturated rings. The van der Waals surface area contributed by atoms with Crippen molar-refractivity contribution < 1.29 is 4.39 Å². The Kier molecular flexibility index (Phi) is 3.80. The summed E-state index contributed by atoms with van der Waals surface area (Å²) in [5.74, 6) is -0.298. The number of hydrogen-bond acceptors (Lipinski definition) is 5. The predicted molar refractivity (Wildman–Crippen MR) is 104 cm³/mol. The molecule has 0 unspecified atom stereocenters. The number of nitrogens with one attached hydrogen (secondary N) is 1. The predicted octanol–water partition coefficient (Wildman–Crippen LogP) is 2.23. The van der Waals surface area contributed by atoms with Gasteiger partial charge in [0.15, 0.2) is 17.3 Å². The van der Waals surface area contributed by atoms with Crippen LogP contribution in [0.5, 0.6) is 0 Å². The Balaban J connectivity index is 1.63. The summed E-state index contributed by atoms with van der Waals surface area (Å²) in [6.45, 7) is 3.52. The highest BCUT2D eigenvalue weighted by Gasteiger charge is 2.13. The number of hydrogen-bond donors (Lipinski definition) is 1. The van der Waals surface area contributed by atoms with Crippen molar-refractivity contribution in [1.82, 2.24) is 29.1 Å². The van der Waals surface area contributed by atoms with Gasteiger partial charge in [0.2, 0.25) is 0 Å². The molecule has 140 valence electrons. The zero-order chi connectivity index (χ0) is 19.3. The van der Waals surface area contributed by atoms with Crippen LogP contribution in [0, 0.1) is 12.7 Å². The van der Waals surface area contributed by atoms with E-state index in [0.717, 1.165) is 25.1 Å². The molecule has 5 heterocycles. The van der Waals surface area contributed by atoms with Gasteiger partial charge >= 0.3 is 5.69 Å². The number of nitrogens with zero attached hydrogens (tertiary/aromatic N) is 5. The Hall–Kier alpha value is -3.39. The minimum atomic E-state index is -0.484. The maximum Gasteiger partial charge on any atom is 0.355 e. The summed E-state index contributed by atoms with van der Waals surface area (Å²) in [7, 11) is 0. The second kappa shape index (κ2) is 6.35. The van der Waals surface area contributed by atoms with E-state index >= 15 is 0 Å². The van der Waals surface area contributed by atoms with Crippen LogP contribution in [0.25, 0.3) is 28.3 Å². The molecule has 0 radical (unpaired) electrons. The number of aryl methyl sites for hydroxylation is 1. The Morgan fingerprint density at radius 1 is 1.11 bits per heavy atom. The topological polar surface area (TPSA) is 76.6 Å². The third kappa shape index (κ3) is 2.78. The lowest BCUT2D eigenvalue weighted by Gasteiger charge is -2.14. The third-order valence-corrected chi connectivity index (χ3v) is 4.87. The van der Waals surface area contributed by atoms with Gasteiger partial charge in [0.05, 0.1) is 5.69 Å². The van der Waals surface area contributed by atoms with Crippen molar-refractivity contribution in [3.05, 3.63) is 70.4 Å². The number of halogens is 1. The van der Waals surface area contributed by atoms with Gasteiger partial charge in [-0.25, -0.2) is 19.2 Å². The lowest BCUT2D eigenvalue weighted by molar-refractivity contribution is 0.630. The number of pyridine rings is 2. The molecule has 0 atom stereocenters. The molecule has 4 aromatic rings. The van der Waals surface area contributed by atoms with E-state index in [-0.39, 0.29) is 11.5 Å². The van der Waals surface area contributed by atoms with Gasteiger partial charge in [0.25, 0.3) is 0 Å². The first kappa shape index (κ1) is 16.8. The van der Waals surface area contributed by atoms with Gasteiger partial charge in [-0.05, 0) is 49.2 Å². The molecule has 0 bridgehead atoms. The summed E-state index contributed by atoms with van der Waals surface area (Å²) >= 11 is 0. The van der Waals surface area contributed by atoms with Crippen molar-refractivity contribution >= 4 is 16.9 Å². The van der Waals surface area contributed by atoms with E-state index in [9.17, 15) is 9.18 Å². The normalized spacial score (nSPS) is 14.6. The Bertz CT molecular complexity index is 1320. The van der Waals surface area contributed by atoms with E-state index in [4.69, 9.17) is 0 Å². The van der Waals surface area contributed by atoms with E-state index in [1.165, 1.54) is 16.0 Å². The van der Waals surface area contributed by atoms with Crippen molar-refractivity contribution in [2.24, 2.45) is 0 Å². The Morgan fingerprint density at radius 2 is 2.00 bits per heavy atom. The smallest absolute Gasteiger partial charge is 0.313 e. The monoisotopic (exact) mass is 376 g/mol. The fourth-order valence-electron chi connectivity index (χ4n) is 3.52. The van der Waals surface area contributed by atoms with Crippen LogP contribution in [0.4, 0.5) is 4.39 Å². The lowest BCUT2D eigenvalue weighted by atomic mass is 10.0. The van der Waals surface area contributed by atoms with Crippen LogP contribution in [0.3, 0.4) is 0 Å². The average Bonchev–Trinajstić information content (AvgIpc) is 3.09. The molecule has 4 aromatic heterocycles. The molecule has 1 aliphatic heterocycles. The highest BCUT2D eigenvalue weighted by atomic mass is 19.1. The summed E-state index contributed by atoms with van der Waals surface area (Å²) < 4.78 is 17.4. The molecule has 8 heteroatoms. The van der Waals surface area contributed by atoms with Gasteiger partial charge in [0, 0.05) is 30.7 Å². The molecule has 0 amide bonds. The average molecular weight is 376 g/mol. The lowest BCUT2D eigenvalue weighted by Crippen LogP contribution is -2.22. The van der Waals surface area contributed by atoms with Gasteiger partial charge in [-0.1, -0.05) is 6.08 Å². The molecule has 0 saturated carbocycles. The molecular formula is C20H17FN6O. The molecule has 0 aliphatic carbocycles. The largest absolute Gasteiger partial charge is 0.355 e. The van der Waals surface area contributed by atoms with Gasteiger partial charge in [-0.15, -0.1) is 0 Å². The van der Waals surface area contributed by atoms with Crippen molar-refractivity contribution in [1.29, 1.82) is 0 Å². The fourth-order valence-corrected chi connectivity index (χ4v) is 3.52. The minimum Gasteiger partial charge on any atom is -0.313 e. The van der Waals surface area contributed by atoms with Crippen molar-refractivity contribution in [3.8, 4) is 11.4 Å². The SMILES string of the molecule is Cc1cn2cc(-c3nc(=O)n4cc(C5=CCNCC5)ccc4n3)cc(F)c2n1. The summed E-state index contributed by atoms with van der Waals surface area (Å²) in [5.41, 5.74) is 3.56. The van der Waals surface area contributed by atoms with Crippen LogP contribution in [0.1, 0.15) is 17.7 Å². The molecule has 1 N–H and O–H groups in total. The molecule has 5 rings (SSSR count). The van der Waals surface area contributed by atoms with E-state index in [0.29, 0.717) is 16.9 Å². The summed E-state index contributed by atoms with van der Waals surface area (Å²) in [4.78, 5) is 25.3. The first-order valence-corrected chi connectivity index (χ1v) is 9.04. The van der Waals surface area contributed by atoms with Crippen molar-refractivity contribution in [2.45, 2.75) is 13.3 Å². The summed E-state index contributed by atoms with van der Waals surface area (Å²) in [6, 6.07) is 5.05. The number of fused-ring (bicyclic) bond motifs is 2. The maximum atomic E-state index is 14.4. The Labute approximate surface area is 159 Å². The van der Waals surface area contributed by atoms with E-state index in [1.54, 1.807) is 36.0 Å². The van der Waals surface area contributed by atoms with Crippen LogP contribution in [0.15, 0.2) is 47.7 Å². The first-order valence-electron chi connectivity index (χ1n) is 9.04. The van der Waals surface area contributed by atoms with Crippen LogP contribution in [0.2, 0.25) is 0 Å². The zero-order valence-electron chi connectivity index (χ0n) is 15.2. The number of aromatic nitrogens is 5. The molecule has 0 aromatic carbocycles. The highest BCUT2D eigenvalue weighted by molar-refractivity contribution is 5.68. The van der Waals surface area contributed by atoms with E-state index in [1.807, 2.05) is 6.07 Å². The molecule has 7 nitrogen and oxygen atoms in total. The maximum absolute atomic E-state index is 14.4. The number of rotatable bonds is 2. The quantitative estimate of drug-likeness (QED) is 0.581. The first-order chi connectivity index (χ1) is 13.6. The van der Waals surface area contributed by atoms with Gasteiger partial charge < -0.3 is 9.72 Å². The molecule has 28 heavy (non-hydrogen) atoms. The van der Waals surface area contributed by atoms with Gasteiger partial charge in [0.1, 0.15) is 5.65 Å². The van der Waals surface area contributed by atoms with Gasteiger partial charge in [-0.3, -0.25) is 4.40 Å². The standard InChI is InChI=1S/C20H17FN6O/c1-12-9-26-10-15(8-16(21)19(26)23-12)18-24-17-3-2-14(11-27(17)20(28)25-18)13-4-6-22-7-5-13/h2-4,8-11,22H,5-7H2,1H3. The highest BCUT2D eigenvalue weighted by Crippen LogP contribution is 2.22. The van der Waals surface area contributed by atoms with Crippen molar-refractivity contribution in [3.63, 3.8) is 0 Å². The third-order valence-electron chi connectivity index (χ3n) is 4.87. The van der Waals surface area contributed by atoms with E-state index in [2.05, 4.69) is 26.3 Å². The molecule has 0 spiro atoms. The van der Waals surface area contributed by atoms with Gasteiger partial charge in [-0.2, -0.15) is 4.98 Å². The molecule has 1 aliphatic rings. The van der Waals surface area contributed by atoms with E-state index < -0.39 is 11.5 Å². The van der Waals surface area contributed by atoms with Crippen LogP contribution >= 0.6 is 0 Å². The second-order valence-electron chi connectivity index (χ2n) is 6.85. The van der Waals surface area contributed by atoms with Crippen LogP contribution < -0.4 is 11.0 Å². The number of imidazole rings is 1. The molecule has 0 saturated heterocycles. The second-order valence-corrected chi connectivity index (χ2v) is 6.85. The fraction of sp³-hybridized carbons (Fsp3) is 0.200. The Morgan fingerprint density at radius 3 is 2.82 bits per heavy atom.